The average molecular weight is 305 g/mol. The first-order valence-corrected chi connectivity index (χ1v) is 7.97. The van der Waals surface area contributed by atoms with Gasteiger partial charge in [0, 0.05) is 30.5 Å². The zero-order chi connectivity index (χ0) is 15.5. The van der Waals surface area contributed by atoms with Gasteiger partial charge in [0.25, 0.3) is 0 Å². The Bertz CT molecular complexity index is 560. The number of nitrogens with zero attached hydrogens (tertiary/aromatic N) is 3. The molecule has 2 aromatic rings. The Morgan fingerprint density at radius 2 is 1.90 bits per heavy atom. The summed E-state index contributed by atoms with van der Waals surface area (Å²) < 4.78 is 4.42. The van der Waals surface area contributed by atoms with Crippen molar-refractivity contribution in [3.63, 3.8) is 0 Å². The van der Waals surface area contributed by atoms with Crippen LogP contribution in [0.15, 0.2) is 30.3 Å². The minimum absolute atomic E-state index is 0.315. The van der Waals surface area contributed by atoms with Crippen LogP contribution in [0.1, 0.15) is 45.0 Å². The molecule has 0 saturated carbocycles. The van der Waals surface area contributed by atoms with Gasteiger partial charge in [0.05, 0.1) is 5.60 Å². The Morgan fingerprint density at radius 1 is 1.24 bits per heavy atom. The van der Waals surface area contributed by atoms with E-state index in [1.807, 2.05) is 32.0 Å². The third-order valence-electron chi connectivity index (χ3n) is 3.01. The minimum atomic E-state index is -0.779. The van der Waals surface area contributed by atoms with Gasteiger partial charge in [0.15, 0.2) is 0 Å². The Morgan fingerprint density at radius 3 is 2.43 bits per heavy atom. The summed E-state index contributed by atoms with van der Waals surface area (Å²) in [6.45, 7) is 9.05. The molecule has 1 heterocycles. The smallest absolute Gasteiger partial charge is 0.205 e. The Balaban J connectivity index is 2.22. The van der Waals surface area contributed by atoms with Crippen LogP contribution >= 0.6 is 11.5 Å². The molecule has 0 aliphatic heterocycles. The van der Waals surface area contributed by atoms with E-state index in [-0.39, 0.29) is 0 Å². The fourth-order valence-corrected chi connectivity index (χ4v) is 2.86. The van der Waals surface area contributed by atoms with Gasteiger partial charge in [-0.2, -0.15) is 4.37 Å². The molecule has 0 fully saturated rings. The molecule has 0 saturated heterocycles. The van der Waals surface area contributed by atoms with Gasteiger partial charge in [0.2, 0.25) is 5.13 Å². The van der Waals surface area contributed by atoms with E-state index >= 15 is 0 Å². The highest BCUT2D eigenvalue weighted by Crippen LogP contribution is 2.24. The monoisotopic (exact) mass is 305 g/mol. The van der Waals surface area contributed by atoms with E-state index in [1.54, 1.807) is 0 Å². The minimum Gasteiger partial charge on any atom is -0.389 e. The van der Waals surface area contributed by atoms with Crippen LogP contribution in [0.4, 0.5) is 5.13 Å². The first-order chi connectivity index (χ1) is 9.85. The van der Waals surface area contributed by atoms with E-state index in [2.05, 4.69) is 40.2 Å². The standard InChI is InChI=1S/C16H23N3OS/c1-12(2)14-17-15(21-18-14)19(11-16(3,4)20)10-13-8-6-5-7-9-13/h5-9,12,20H,10-11H2,1-4H3. The molecule has 0 aliphatic carbocycles. The van der Waals surface area contributed by atoms with Crippen molar-refractivity contribution in [1.82, 2.24) is 9.36 Å². The van der Waals surface area contributed by atoms with Crippen LogP contribution in [-0.2, 0) is 6.54 Å². The van der Waals surface area contributed by atoms with Gasteiger partial charge in [-0.15, -0.1) is 0 Å². The molecule has 0 spiro atoms. The molecule has 21 heavy (non-hydrogen) atoms. The van der Waals surface area contributed by atoms with Crippen LogP contribution in [0, 0.1) is 0 Å². The van der Waals surface area contributed by atoms with Crippen LogP contribution in [-0.4, -0.2) is 26.6 Å². The maximum absolute atomic E-state index is 10.2. The van der Waals surface area contributed by atoms with Crippen LogP contribution in [0.3, 0.4) is 0 Å². The van der Waals surface area contributed by atoms with Crippen LogP contribution in [0.5, 0.6) is 0 Å². The lowest BCUT2D eigenvalue weighted by atomic mass is 10.1. The molecule has 0 unspecified atom stereocenters. The highest BCUT2D eigenvalue weighted by Gasteiger charge is 2.22. The molecule has 0 amide bonds. The second kappa shape index (κ2) is 6.54. The molecule has 0 bridgehead atoms. The van der Waals surface area contributed by atoms with Gasteiger partial charge in [-0.25, -0.2) is 4.98 Å². The summed E-state index contributed by atoms with van der Waals surface area (Å²) in [5.74, 6) is 1.18. The second-order valence-corrected chi connectivity index (χ2v) is 6.97. The van der Waals surface area contributed by atoms with Crippen molar-refractivity contribution < 1.29 is 5.11 Å². The number of anilines is 1. The molecular weight excluding hydrogens is 282 g/mol. The first kappa shape index (κ1) is 15.9. The van der Waals surface area contributed by atoms with Gasteiger partial charge < -0.3 is 10.0 Å². The van der Waals surface area contributed by atoms with Gasteiger partial charge in [-0.3, -0.25) is 0 Å². The third kappa shape index (κ3) is 4.79. The SMILES string of the molecule is CC(C)c1nsc(N(Cc2ccccc2)CC(C)(C)O)n1. The highest BCUT2D eigenvalue weighted by molar-refractivity contribution is 7.09. The molecule has 1 aromatic heterocycles. The van der Waals surface area contributed by atoms with Crippen molar-refractivity contribution in [2.24, 2.45) is 0 Å². The molecular formula is C16H23N3OS. The largest absolute Gasteiger partial charge is 0.389 e. The van der Waals surface area contributed by atoms with Crippen molar-refractivity contribution in [1.29, 1.82) is 0 Å². The number of benzene rings is 1. The number of hydrogen-bond donors (Lipinski definition) is 1. The molecule has 1 aromatic carbocycles. The summed E-state index contributed by atoms with van der Waals surface area (Å²) in [5, 5.41) is 11.0. The summed E-state index contributed by atoms with van der Waals surface area (Å²) in [6.07, 6.45) is 0. The van der Waals surface area contributed by atoms with Gasteiger partial charge >= 0.3 is 0 Å². The van der Waals surface area contributed by atoms with Crippen LogP contribution in [0.25, 0.3) is 0 Å². The molecule has 1 N–H and O–H groups in total. The molecule has 2 rings (SSSR count). The molecule has 0 aliphatic rings. The quantitative estimate of drug-likeness (QED) is 0.888. The summed E-state index contributed by atoms with van der Waals surface area (Å²) in [7, 11) is 0. The first-order valence-electron chi connectivity index (χ1n) is 7.20. The summed E-state index contributed by atoms with van der Waals surface area (Å²) >= 11 is 1.40. The fraction of sp³-hybridized carbons (Fsp3) is 0.500. The van der Waals surface area contributed by atoms with E-state index < -0.39 is 5.60 Å². The normalized spacial score (nSPS) is 11.9. The number of hydrogen-bond acceptors (Lipinski definition) is 5. The lowest BCUT2D eigenvalue weighted by Gasteiger charge is -2.28. The van der Waals surface area contributed by atoms with Crippen molar-refractivity contribution >= 4 is 16.7 Å². The number of rotatable bonds is 6. The summed E-state index contributed by atoms with van der Waals surface area (Å²) in [5.41, 5.74) is 0.418. The average Bonchev–Trinajstić information content (AvgIpc) is 2.87. The lowest BCUT2D eigenvalue weighted by Crippen LogP contribution is -2.38. The van der Waals surface area contributed by atoms with E-state index in [0.29, 0.717) is 12.5 Å². The Labute approximate surface area is 130 Å². The lowest BCUT2D eigenvalue weighted by molar-refractivity contribution is 0.0870. The third-order valence-corrected chi connectivity index (χ3v) is 3.80. The predicted octanol–water partition coefficient (Wildman–Crippen LogP) is 3.44. The second-order valence-electron chi connectivity index (χ2n) is 6.24. The van der Waals surface area contributed by atoms with Gasteiger partial charge in [-0.05, 0) is 19.4 Å². The molecule has 0 atom stereocenters. The van der Waals surface area contributed by atoms with Gasteiger partial charge in [0.1, 0.15) is 5.82 Å². The van der Waals surface area contributed by atoms with E-state index in [4.69, 9.17) is 0 Å². The maximum Gasteiger partial charge on any atom is 0.205 e. The summed E-state index contributed by atoms with van der Waals surface area (Å²) in [4.78, 5) is 6.71. The van der Waals surface area contributed by atoms with E-state index in [0.717, 1.165) is 17.5 Å². The zero-order valence-corrected chi connectivity index (χ0v) is 13.9. The maximum atomic E-state index is 10.2. The molecule has 0 radical (unpaired) electrons. The van der Waals surface area contributed by atoms with E-state index in [9.17, 15) is 5.11 Å². The topological polar surface area (TPSA) is 49.2 Å². The van der Waals surface area contributed by atoms with Crippen molar-refractivity contribution in [3.05, 3.63) is 41.7 Å². The highest BCUT2D eigenvalue weighted by atomic mass is 32.1. The van der Waals surface area contributed by atoms with Crippen LogP contribution in [0.2, 0.25) is 0 Å². The Kier molecular flexibility index (Phi) is 4.96. The zero-order valence-electron chi connectivity index (χ0n) is 13.1. The van der Waals surface area contributed by atoms with Crippen molar-refractivity contribution in [2.45, 2.75) is 45.8 Å². The Hall–Kier alpha value is -1.46. The number of aliphatic hydroxyl groups is 1. The fourth-order valence-electron chi connectivity index (χ4n) is 2.05. The van der Waals surface area contributed by atoms with E-state index in [1.165, 1.54) is 17.1 Å². The summed E-state index contributed by atoms with van der Waals surface area (Å²) in [6, 6.07) is 10.2. The molecule has 114 valence electrons. The van der Waals surface area contributed by atoms with Crippen molar-refractivity contribution in [3.8, 4) is 0 Å². The van der Waals surface area contributed by atoms with Gasteiger partial charge in [-0.1, -0.05) is 44.2 Å². The number of aromatic nitrogens is 2. The molecule has 5 heteroatoms. The van der Waals surface area contributed by atoms with Crippen molar-refractivity contribution in [2.75, 3.05) is 11.4 Å². The van der Waals surface area contributed by atoms with Crippen LogP contribution < -0.4 is 4.90 Å². The molecule has 4 nitrogen and oxygen atoms in total. The predicted molar refractivity (Wildman–Crippen MR) is 87.8 cm³/mol.